The Kier molecular flexibility index (Phi) is 6.15. The van der Waals surface area contributed by atoms with E-state index in [2.05, 4.69) is 20.0 Å². The monoisotopic (exact) mass is 302 g/mol. The molecule has 1 aromatic rings. The fourth-order valence-corrected chi connectivity index (χ4v) is 2.39. The first kappa shape index (κ1) is 16.6. The summed E-state index contributed by atoms with van der Waals surface area (Å²) in [7, 11) is -2.06. The van der Waals surface area contributed by atoms with Crippen LogP contribution in [0.1, 0.15) is 26.0 Å². The van der Waals surface area contributed by atoms with E-state index in [4.69, 9.17) is 4.74 Å². The number of aryl methyl sites for hydroxylation is 1. The summed E-state index contributed by atoms with van der Waals surface area (Å²) < 4.78 is 31.6. The quantitative estimate of drug-likeness (QED) is 0.694. The number of nitrogens with zero attached hydrogens (tertiary/aromatic N) is 2. The summed E-state index contributed by atoms with van der Waals surface area (Å²) in [4.78, 5) is 8.02. The molecule has 114 valence electrons. The highest BCUT2D eigenvalue weighted by Gasteiger charge is 2.21. The van der Waals surface area contributed by atoms with Crippen molar-refractivity contribution < 1.29 is 13.2 Å². The van der Waals surface area contributed by atoms with E-state index < -0.39 is 15.3 Å². The number of aromatic nitrogens is 2. The molecule has 0 saturated heterocycles. The van der Waals surface area contributed by atoms with Crippen molar-refractivity contribution in [2.75, 3.05) is 24.9 Å². The number of nitrogens with one attached hydrogen (secondary N) is 2. The third-order valence-electron chi connectivity index (χ3n) is 2.66. The van der Waals surface area contributed by atoms with Crippen LogP contribution in [0.4, 0.5) is 5.95 Å². The van der Waals surface area contributed by atoms with E-state index in [1.807, 2.05) is 6.92 Å². The number of hydrogen-bond acceptors (Lipinski definition) is 6. The van der Waals surface area contributed by atoms with Gasteiger partial charge in [-0.25, -0.2) is 13.4 Å². The summed E-state index contributed by atoms with van der Waals surface area (Å²) in [6.07, 6.45) is 0.957. The maximum atomic E-state index is 12.1. The highest BCUT2D eigenvalue weighted by Crippen LogP contribution is 2.13. The minimum Gasteiger partial charge on any atom is -0.481 e. The number of ether oxygens (including phenoxy) is 1. The van der Waals surface area contributed by atoms with Crippen LogP contribution in [0, 0.1) is 6.92 Å². The molecule has 0 bridgehead atoms. The topological polar surface area (TPSA) is 93.2 Å². The molecule has 2 N–H and O–H groups in total. The smallest absolute Gasteiger partial charge is 0.240 e. The molecule has 0 aliphatic carbocycles. The highest BCUT2D eigenvalue weighted by molar-refractivity contribution is 7.93. The van der Waals surface area contributed by atoms with E-state index in [9.17, 15) is 8.42 Å². The Bertz CT molecular complexity index is 534. The summed E-state index contributed by atoms with van der Waals surface area (Å²) in [5.74, 6) is 0.358. The number of methoxy groups -OCH3 is 1. The molecule has 0 aromatic carbocycles. The zero-order valence-electron chi connectivity index (χ0n) is 12.3. The van der Waals surface area contributed by atoms with Crippen molar-refractivity contribution in [3.05, 3.63) is 11.8 Å². The van der Waals surface area contributed by atoms with Gasteiger partial charge in [-0.15, -0.1) is 0 Å². The molecule has 8 heteroatoms. The Morgan fingerprint density at radius 3 is 2.70 bits per heavy atom. The lowest BCUT2D eigenvalue weighted by Crippen LogP contribution is -2.35. The third kappa shape index (κ3) is 4.93. The van der Waals surface area contributed by atoms with Crippen molar-refractivity contribution in [3.63, 3.8) is 0 Å². The lowest BCUT2D eigenvalue weighted by molar-refractivity contribution is 0.397. The van der Waals surface area contributed by atoms with Crippen LogP contribution in [0.2, 0.25) is 0 Å². The molecule has 0 saturated carbocycles. The van der Waals surface area contributed by atoms with Crippen molar-refractivity contribution in [2.24, 2.45) is 0 Å². The van der Waals surface area contributed by atoms with Gasteiger partial charge in [0.1, 0.15) is 0 Å². The van der Waals surface area contributed by atoms with Gasteiger partial charge in [-0.05, 0) is 26.8 Å². The Morgan fingerprint density at radius 2 is 2.10 bits per heavy atom. The van der Waals surface area contributed by atoms with Crippen molar-refractivity contribution >= 4 is 16.0 Å². The van der Waals surface area contributed by atoms with E-state index in [1.54, 1.807) is 19.9 Å². The molecule has 1 heterocycles. The summed E-state index contributed by atoms with van der Waals surface area (Å²) in [5, 5.41) is 2.50. The first-order chi connectivity index (χ1) is 9.39. The fourth-order valence-electron chi connectivity index (χ4n) is 1.51. The van der Waals surface area contributed by atoms with Crippen LogP contribution in [-0.2, 0) is 10.0 Å². The normalized spacial score (nSPS) is 13.0. The molecule has 0 aliphatic rings. The van der Waals surface area contributed by atoms with Crippen molar-refractivity contribution in [2.45, 2.75) is 32.4 Å². The van der Waals surface area contributed by atoms with Gasteiger partial charge in [0.25, 0.3) is 0 Å². The number of anilines is 1. The van der Waals surface area contributed by atoms with Crippen LogP contribution in [0.3, 0.4) is 0 Å². The lowest BCUT2D eigenvalue weighted by atomic mass is 10.4. The predicted octanol–water partition coefficient (Wildman–Crippen LogP) is 0.923. The third-order valence-corrected chi connectivity index (χ3v) is 4.35. The van der Waals surface area contributed by atoms with E-state index in [0.29, 0.717) is 18.1 Å². The fraction of sp³-hybridized carbons (Fsp3) is 0.667. The van der Waals surface area contributed by atoms with Gasteiger partial charge in [-0.2, -0.15) is 4.98 Å². The van der Waals surface area contributed by atoms with Crippen LogP contribution in [0.25, 0.3) is 0 Å². The zero-order chi connectivity index (χ0) is 15.2. The van der Waals surface area contributed by atoms with Gasteiger partial charge in [0.2, 0.25) is 21.9 Å². The van der Waals surface area contributed by atoms with Gasteiger partial charge >= 0.3 is 0 Å². The van der Waals surface area contributed by atoms with Crippen LogP contribution < -0.4 is 14.8 Å². The van der Waals surface area contributed by atoms with Crippen molar-refractivity contribution in [1.29, 1.82) is 0 Å². The summed E-state index contributed by atoms with van der Waals surface area (Å²) >= 11 is 0. The maximum Gasteiger partial charge on any atom is 0.240 e. The molecule has 1 aromatic heterocycles. The molecular weight excluding hydrogens is 280 g/mol. The molecule has 0 fully saturated rings. The molecular formula is C12H22N4O3S. The molecule has 1 unspecified atom stereocenters. The van der Waals surface area contributed by atoms with Crippen molar-refractivity contribution in [1.82, 2.24) is 15.3 Å². The van der Waals surface area contributed by atoms with Crippen LogP contribution in [0.5, 0.6) is 5.88 Å². The molecule has 1 atom stereocenters. The van der Waals surface area contributed by atoms with E-state index >= 15 is 0 Å². The molecule has 1 rings (SSSR count). The van der Waals surface area contributed by atoms with Crippen molar-refractivity contribution in [3.8, 4) is 5.88 Å². The minimum atomic E-state index is -3.53. The first-order valence-electron chi connectivity index (χ1n) is 6.51. The second kappa shape index (κ2) is 7.39. The van der Waals surface area contributed by atoms with Gasteiger partial charge in [-0.3, -0.25) is 4.72 Å². The van der Waals surface area contributed by atoms with Crippen LogP contribution in [0.15, 0.2) is 6.07 Å². The van der Waals surface area contributed by atoms with E-state index in [1.165, 1.54) is 7.11 Å². The summed E-state index contributed by atoms with van der Waals surface area (Å²) in [6.45, 7) is 6.57. The Balaban J connectivity index is 2.77. The highest BCUT2D eigenvalue weighted by atomic mass is 32.2. The Morgan fingerprint density at radius 1 is 1.40 bits per heavy atom. The van der Waals surface area contributed by atoms with E-state index in [0.717, 1.165) is 13.0 Å². The van der Waals surface area contributed by atoms with Gasteiger partial charge in [0, 0.05) is 18.3 Å². The predicted molar refractivity (Wildman–Crippen MR) is 78.5 cm³/mol. The second-order valence-electron chi connectivity index (χ2n) is 4.54. The number of hydrogen-bond donors (Lipinski definition) is 2. The molecule has 0 amide bonds. The number of rotatable bonds is 8. The van der Waals surface area contributed by atoms with Crippen LogP contribution >= 0.6 is 0 Å². The Labute approximate surface area is 120 Å². The molecule has 0 spiro atoms. The standard InChI is InChI=1S/C12H22N4O3S/c1-5-6-13-8-10(3)20(17,18)16-12-14-9(2)7-11(15-12)19-4/h7,10,13H,5-6,8H2,1-4H3,(H,14,15,16). The van der Waals surface area contributed by atoms with E-state index in [-0.39, 0.29) is 5.95 Å². The molecule has 0 radical (unpaired) electrons. The average molecular weight is 302 g/mol. The first-order valence-corrected chi connectivity index (χ1v) is 8.05. The average Bonchev–Trinajstić information content (AvgIpc) is 2.37. The van der Waals surface area contributed by atoms with Gasteiger partial charge in [0.05, 0.1) is 12.4 Å². The Hall–Kier alpha value is -1.41. The minimum absolute atomic E-state index is 0.0317. The van der Waals surface area contributed by atoms with Gasteiger partial charge < -0.3 is 10.1 Å². The maximum absolute atomic E-state index is 12.1. The molecule has 7 nitrogen and oxygen atoms in total. The van der Waals surface area contributed by atoms with Gasteiger partial charge in [-0.1, -0.05) is 6.92 Å². The van der Waals surface area contributed by atoms with Gasteiger partial charge in [0.15, 0.2) is 0 Å². The largest absolute Gasteiger partial charge is 0.481 e. The van der Waals surface area contributed by atoms with Crippen LogP contribution in [-0.4, -0.2) is 43.8 Å². The molecule has 20 heavy (non-hydrogen) atoms. The zero-order valence-corrected chi connectivity index (χ0v) is 13.1. The second-order valence-corrected chi connectivity index (χ2v) is 6.64. The summed E-state index contributed by atoms with van der Waals surface area (Å²) in [6, 6.07) is 1.63. The number of sulfonamides is 1. The molecule has 0 aliphatic heterocycles. The SMILES string of the molecule is CCCNCC(C)S(=O)(=O)Nc1nc(C)cc(OC)n1. The summed E-state index contributed by atoms with van der Waals surface area (Å²) in [5.41, 5.74) is 0.631. The lowest BCUT2D eigenvalue weighted by Gasteiger charge is -2.14.